The summed E-state index contributed by atoms with van der Waals surface area (Å²) in [6, 6.07) is 5.42. The lowest BCUT2D eigenvalue weighted by Gasteiger charge is -1.95. The second kappa shape index (κ2) is 4.31. The summed E-state index contributed by atoms with van der Waals surface area (Å²) in [6.45, 7) is 0. The van der Waals surface area contributed by atoms with Gasteiger partial charge in [0.2, 0.25) is 0 Å². The summed E-state index contributed by atoms with van der Waals surface area (Å²) < 4.78 is 4.57. The van der Waals surface area contributed by atoms with E-state index >= 15 is 0 Å². The topological polar surface area (TPSA) is 93.8 Å². The van der Waals surface area contributed by atoms with Crippen molar-refractivity contribution in [3.63, 3.8) is 0 Å². The smallest absolute Gasteiger partial charge is 0.278 e. The largest absolute Gasteiger partial charge is 0.399 e. The first-order valence-corrected chi connectivity index (χ1v) is 6.62. The van der Waals surface area contributed by atoms with E-state index in [1.165, 1.54) is 11.3 Å². The number of nitrogens with two attached hydrogens (primary N) is 1. The summed E-state index contributed by atoms with van der Waals surface area (Å²) in [5.41, 5.74) is 7.46. The zero-order valence-electron chi connectivity index (χ0n) is 8.95. The first-order chi connectivity index (χ1) is 8.72. The first kappa shape index (κ1) is 11.1. The van der Waals surface area contributed by atoms with E-state index in [-0.39, 0.29) is 5.91 Å². The Labute approximate surface area is 110 Å². The number of nitrogens with zero attached hydrogens (tertiary/aromatic N) is 3. The third kappa shape index (κ3) is 2.03. The quantitative estimate of drug-likeness (QED) is 0.698. The maximum Gasteiger partial charge on any atom is 0.278 e. The molecule has 0 fully saturated rings. The van der Waals surface area contributed by atoms with Crippen LogP contribution in [0.3, 0.4) is 0 Å². The van der Waals surface area contributed by atoms with Crippen LogP contribution in [0.5, 0.6) is 0 Å². The monoisotopic (exact) mass is 277 g/mol. The van der Waals surface area contributed by atoms with Crippen molar-refractivity contribution < 1.29 is 4.79 Å². The fraction of sp³-hybridized carbons (Fsp3) is 0. The van der Waals surface area contributed by atoms with Gasteiger partial charge < -0.3 is 5.73 Å². The summed E-state index contributed by atoms with van der Waals surface area (Å²) in [4.78, 5) is 16.0. The number of hydrogen-bond acceptors (Lipinski definition) is 7. The average molecular weight is 277 g/mol. The molecule has 0 unspecified atom stereocenters. The summed E-state index contributed by atoms with van der Waals surface area (Å²) >= 11 is 2.50. The number of hydrogen-bond donors (Lipinski definition) is 2. The van der Waals surface area contributed by atoms with Gasteiger partial charge in [-0.1, -0.05) is 15.8 Å². The lowest BCUT2D eigenvalue weighted by Crippen LogP contribution is -2.11. The standard InChI is InChI=1S/C10H7N5OS2/c11-5-1-2-6-8(3-5)18-10(12-6)13-9(16)7-4-17-15-14-7/h1-4H,11H2,(H,12,13,16). The lowest BCUT2D eigenvalue weighted by molar-refractivity contribution is 0.102. The van der Waals surface area contributed by atoms with E-state index < -0.39 is 0 Å². The zero-order valence-corrected chi connectivity index (χ0v) is 10.6. The van der Waals surface area contributed by atoms with Gasteiger partial charge in [0, 0.05) is 11.1 Å². The van der Waals surface area contributed by atoms with Gasteiger partial charge in [-0.2, -0.15) is 0 Å². The van der Waals surface area contributed by atoms with Crippen molar-refractivity contribution in [2.24, 2.45) is 0 Å². The number of benzene rings is 1. The van der Waals surface area contributed by atoms with Crippen molar-refractivity contribution >= 4 is 49.8 Å². The molecule has 0 saturated heterocycles. The van der Waals surface area contributed by atoms with Crippen LogP contribution in [0.25, 0.3) is 10.2 Å². The first-order valence-electron chi connectivity index (χ1n) is 4.97. The van der Waals surface area contributed by atoms with Crippen LogP contribution in [0.4, 0.5) is 10.8 Å². The van der Waals surface area contributed by atoms with Crippen LogP contribution in [0.15, 0.2) is 23.6 Å². The summed E-state index contributed by atoms with van der Waals surface area (Å²) in [5, 5.41) is 8.48. The molecule has 0 aliphatic rings. The lowest BCUT2D eigenvalue weighted by atomic mass is 10.3. The number of aromatic nitrogens is 3. The number of nitrogens with one attached hydrogen (secondary N) is 1. The molecule has 0 radical (unpaired) electrons. The number of rotatable bonds is 2. The van der Waals surface area contributed by atoms with Gasteiger partial charge in [0.25, 0.3) is 5.91 Å². The molecule has 2 heterocycles. The Morgan fingerprint density at radius 1 is 1.39 bits per heavy atom. The third-order valence-corrected chi connectivity index (χ3v) is 3.66. The molecule has 6 nitrogen and oxygen atoms in total. The fourth-order valence-corrected chi connectivity index (χ4v) is 2.76. The van der Waals surface area contributed by atoms with Gasteiger partial charge in [-0.05, 0) is 29.7 Å². The minimum absolute atomic E-state index is 0.291. The van der Waals surface area contributed by atoms with Crippen molar-refractivity contribution in [2.75, 3.05) is 11.1 Å². The van der Waals surface area contributed by atoms with Crippen LogP contribution in [0, 0.1) is 0 Å². The van der Waals surface area contributed by atoms with Crippen molar-refractivity contribution in [3.05, 3.63) is 29.3 Å². The molecule has 3 rings (SSSR count). The Bertz CT molecular complexity index is 706. The number of nitrogen functional groups attached to an aromatic ring is 1. The maximum absolute atomic E-state index is 11.8. The van der Waals surface area contributed by atoms with Crippen molar-refractivity contribution in [3.8, 4) is 0 Å². The number of amides is 1. The molecule has 1 aromatic carbocycles. The second-order valence-corrected chi connectivity index (χ2v) is 5.13. The van der Waals surface area contributed by atoms with Crippen LogP contribution in [-0.4, -0.2) is 20.5 Å². The number of fused-ring (bicyclic) bond motifs is 1. The Morgan fingerprint density at radius 2 is 2.28 bits per heavy atom. The SMILES string of the molecule is Nc1ccc2nc(NC(=O)c3csnn3)sc2c1. The zero-order chi connectivity index (χ0) is 12.5. The Hall–Kier alpha value is -2.06. The highest BCUT2D eigenvalue weighted by Gasteiger charge is 2.12. The van der Waals surface area contributed by atoms with Crippen LogP contribution in [0.2, 0.25) is 0 Å². The molecule has 2 aromatic heterocycles. The van der Waals surface area contributed by atoms with E-state index in [1.54, 1.807) is 11.4 Å². The van der Waals surface area contributed by atoms with E-state index in [0.717, 1.165) is 21.7 Å². The van der Waals surface area contributed by atoms with Gasteiger partial charge in [0.05, 0.1) is 10.2 Å². The van der Waals surface area contributed by atoms with Gasteiger partial charge >= 0.3 is 0 Å². The molecule has 0 saturated carbocycles. The van der Waals surface area contributed by atoms with Crippen LogP contribution < -0.4 is 11.1 Å². The predicted molar refractivity (Wildman–Crippen MR) is 71.9 cm³/mol. The Morgan fingerprint density at radius 3 is 3.06 bits per heavy atom. The van der Waals surface area contributed by atoms with Crippen molar-refractivity contribution in [1.82, 2.24) is 14.6 Å². The molecule has 0 spiro atoms. The Balaban J connectivity index is 1.89. The fourth-order valence-electron chi connectivity index (χ4n) is 1.42. The normalized spacial score (nSPS) is 10.7. The van der Waals surface area contributed by atoms with Crippen LogP contribution in [-0.2, 0) is 0 Å². The highest BCUT2D eigenvalue weighted by atomic mass is 32.1. The molecular weight excluding hydrogens is 270 g/mol. The van der Waals surface area contributed by atoms with E-state index in [2.05, 4.69) is 19.9 Å². The van der Waals surface area contributed by atoms with E-state index in [1.807, 2.05) is 12.1 Å². The van der Waals surface area contributed by atoms with E-state index in [9.17, 15) is 4.79 Å². The predicted octanol–water partition coefficient (Wildman–Crippen LogP) is 1.98. The molecule has 0 bridgehead atoms. The van der Waals surface area contributed by atoms with Crippen molar-refractivity contribution in [2.45, 2.75) is 0 Å². The van der Waals surface area contributed by atoms with Crippen molar-refractivity contribution in [1.29, 1.82) is 0 Å². The molecule has 0 atom stereocenters. The average Bonchev–Trinajstić information content (AvgIpc) is 2.95. The van der Waals surface area contributed by atoms with Crippen LogP contribution >= 0.6 is 22.9 Å². The minimum Gasteiger partial charge on any atom is -0.399 e. The molecule has 0 aliphatic heterocycles. The van der Waals surface area contributed by atoms with E-state index in [0.29, 0.717) is 16.5 Å². The number of anilines is 2. The molecule has 0 aliphatic carbocycles. The minimum atomic E-state index is -0.309. The van der Waals surface area contributed by atoms with Gasteiger partial charge in [-0.3, -0.25) is 10.1 Å². The Kier molecular flexibility index (Phi) is 2.65. The molecule has 3 aromatic rings. The third-order valence-electron chi connectivity index (χ3n) is 2.23. The molecule has 1 amide bonds. The van der Waals surface area contributed by atoms with Crippen LogP contribution in [0.1, 0.15) is 10.5 Å². The maximum atomic E-state index is 11.8. The molecule has 18 heavy (non-hydrogen) atoms. The molecular formula is C10H7N5OS2. The molecule has 3 N–H and O–H groups in total. The summed E-state index contributed by atoms with van der Waals surface area (Å²) in [7, 11) is 0. The van der Waals surface area contributed by atoms with Gasteiger partial charge in [-0.15, -0.1) is 5.10 Å². The summed E-state index contributed by atoms with van der Waals surface area (Å²) in [6.07, 6.45) is 0. The van der Waals surface area contributed by atoms with Gasteiger partial charge in [0.1, 0.15) is 0 Å². The van der Waals surface area contributed by atoms with Gasteiger partial charge in [0.15, 0.2) is 10.8 Å². The summed E-state index contributed by atoms with van der Waals surface area (Å²) in [5.74, 6) is -0.309. The molecule has 8 heteroatoms. The van der Waals surface area contributed by atoms with E-state index in [4.69, 9.17) is 5.73 Å². The number of carbonyl (C=O) groups excluding carboxylic acids is 1. The second-order valence-electron chi connectivity index (χ2n) is 3.49. The highest BCUT2D eigenvalue weighted by molar-refractivity contribution is 7.22. The van der Waals surface area contributed by atoms with Gasteiger partial charge in [-0.25, -0.2) is 4.98 Å². The number of carbonyl (C=O) groups is 1. The molecule has 90 valence electrons. The highest BCUT2D eigenvalue weighted by Crippen LogP contribution is 2.27. The number of thiazole rings is 1.